The molecule has 1 aromatic carbocycles. The van der Waals surface area contributed by atoms with E-state index < -0.39 is 6.36 Å². The summed E-state index contributed by atoms with van der Waals surface area (Å²) in [5.74, 6) is -0.251. The molecule has 0 heterocycles. The number of ether oxygens (including phenoxy) is 1. The van der Waals surface area contributed by atoms with Crippen molar-refractivity contribution in [3.05, 3.63) is 24.3 Å². The van der Waals surface area contributed by atoms with Crippen LogP contribution >= 0.6 is 0 Å². The lowest BCUT2D eigenvalue weighted by atomic mass is 10.3. The number of rotatable bonds is 2. The highest BCUT2D eigenvalue weighted by Crippen LogP contribution is 2.23. The highest BCUT2D eigenvalue weighted by atomic mass is 19.4. The molecule has 16 heavy (non-hydrogen) atoms. The van der Waals surface area contributed by atoms with Gasteiger partial charge in [-0.25, -0.2) is 0 Å². The van der Waals surface area contributed by atoms with Gasteiger partial charge in [-0.2, -0.15) is 0 Å². The van der Waals surface area contributed by atoms with Gasteiger partial charge in [-0.15, -0.1) is 13.2 Å². The summed E-state index contributed by atoms with van der Waals surface area (Å²) in [5.41, 5.74) is 0.494. The van der Waals surface area contributed by atoms with Crippen molar-refractivity contribution in [2.75, 3.05) is 12.4 Å². The Labute approximate surface area is 89.9 Å². The van der Waals surface area contributed by atoms with E-state index in [-0.39, 0.29) is 11.7 Å². The average molecular weight is 233 g/mol. The minimum atomic E-state index is -4.69. The molecule has 0 fully saturated rings. The molecule has 0 saturated heterocycles. The number of alkyl halides is 3. The highest BCUT2D eigenvalue weighted by Gasteiger charge is 2.30. The van der Waals surface area contributed by atoms with Crippen molar-refractivity contribution in [2.24, 2.45) is 0 Å². The zero-order valence-corrected chi connectivity index (χ0v) is 8.35. The number of hydrogen-bond donors (Lipinski definition) is 3. The first-order chi connectivity index (χ1) is 7.40. The van der Waals surface area contributed by atoms with Crippen molar-refractivity contribution in [3.8, 4) is 5.75 Å². The quantitative estimate of drug-likeness (QED) is 0.542. The van der Waals surface area contributed by atoms with Crippen LogP contribution in [0.4, 0.5) is 18.9 Å². The van der Waals surface area contributed by atoms with E-state index in [4.69, 9.17) is 5.41 Å². The van der Waals surface area contributed by atoms with Crippen LogP contribution in [-0.4, -0.2) is 19.4 Å². The van der Waals surface area contributed by atoms with E-state index in [1.54, 1.807) is 7.05 Å². The molecule has 0 amide bonds. The Morgan fingerprint density at radius 2 is 1.81 bits per heavy atom. The first kappa shape index (κ1) is 12.2. The monoisotopic (exact) mass is 233 g/mol. The molecule has 0 aromatic heterocycles. The van der Waals surface area contributed by atoms with Gasteiger partial charge < -0.3 is 15.4 Å². The molecule has 88 valence electrons. The zero-order chi connectivity index (χ0) is 12.2. The molecule has 4 nitrogen and oxygen atoms in total. The van der Waals surface area contributed by atoms with Crippen molar-refractivity contribution in [1.29, 1.82) is 5.41 Å². The maximum atomic E-state index is 11.8. The largest absolute Gasteiger partial charge is 0.573 e. The smallest absolute Gasteiger partial charge is 0.406 e. The molecule has 0 spiro atoms. The van der Waals surface area contributed by atoms with Crippen LogP contribution in [0.15, 0.2) is 24.3 Å². The van der Waals surface area contributed by atoms with E-state index in [1.807, 2.05) is 0 Å². The Morgan fingerprint density at radius 3 is 2.25 bits per heavy atom. The second kappa shape index (κ2) is 4.73. The first-order valence-corrected chi connectivity index (χ1v) is 4.30. The van der Waals surface area contributed by atoms with Gasteiger partial charge in [0.25, 0.3) is 0 Å². The summed E-state index contributed by atoms with van der Waals surface area (Å²) < 4.78 is 39.2. The summed E-state index contributed by atoms with van der Waals surface area (Å²) in [6.45, 7) is 0. The second-order valence-electron chi connectivity index (χ2n) is 2.82. The van der Waals surface area contributed by atoms with Crippen LogP contribution in [0, 0.1) is 5.41 Å². The average Bonchev–Trinajstić information content (AvgIpc) is 2.18. The van der Waals surface area contributed by atoms with Gasteiger partial charge in [0.1, 0.15) is 5.75 Å². The van der Waals surface area contributed by atoms with E-state index in [9.17, 15) is 13.2 Å². The van der Waals surface area contributed by atoms with E-state index in [1.165, 1.54) is 24.3 Å². The fourth-order valence-electron chi connectivity index (χ4n) is 0.947. The third kappa shape index (κ3) is 4.07. The van der Waals surface area contributed by atoms with Crippen molar-refractivity contribution < 1.29 is 17.9 Å². The predicted molar refractivity (Wildman–Crippen MR) is 53.5 cm³/mol. The molecule has 0 saturated carbocycles. The third-order valence-electron chi connectivity index (χ3n) is 1.61. The lowest BCUT2D eigenvalue weighted by Crippen LogP contribution is -2.25. The van der Waals surface area contributed by atoms with Gasteiger partial charge in [0.05, 0.1) is 0 Å². The summed E-state index contributed by atoms with van der Waals surface area (Å²) >= 11 is 0. The fraction of sp³-hybridized carbons (Fsp3) is 0.222. The molecular formula is C9H10F3N3O. The number of guanidine groups is 1. The number of benzene rings is 1. The molecule has 7 heteroatoms. The summed E-state index contributed by atoms with van der Waals surface area (Å²) in [5, 5.41) is 12.4. The van der Waals surface area contributed by atoms with Crippen molar-refractivity contribution in [3.63, 3.8) is 0 Å². The SMILES string of the molecule is CNC(=N)Nc1ccc(OC(F)(F)F)cc1. The maximum absolute atomic E-state index is 11.8. The lowest BCUT2D eigenvalue weighted by molar-refractivity contribution is -0.274. The molecule has 0 aliphatic carbocycles. The fourth-order valence-corrected chi connectivity index (χ4v) is 0.947. The zero-order valence-electron chi connectivity index (χ0n) is 8.35. The topological polar surface area (TPSA) is 57.1 Å². The standard InChI is InChI=1S/C9H10F3N3O/c1-14-8(13)15-6-2-4-7(5-3-6)16-9(10,11)12/h2-5H,1H3,(H3,13,14,15). The van der Waals surface area contributed by atoms with E-state index in [2.05, 4.69) is 15.4 Å². The Morgan fingerprint density at radius 1 is 1.25 bits per heavy atom. The van der Waals surface area contributed by atoms with Gasteiger partial charge in [0, 0.05) is 12.7 Å². The molecule has 0 radical (unpaired) electrons. The van der Waals surface area contributed by atoms with Crippen LogP contribution in [0.2, 0.25) is 0 Å². The molecule has 1 rings (SSSR count). The van der Waals surface area contributed by atoms with Crippen LogP contribution in [-0.2, 0) is 0 Å². The van der Waals surface area contributed by atoms with Gasteiger partial charge in [-0.05, 0) is 24.3 Å². The molecule has 0 bridgehead atoms. The van der Waals surface area contributed by atoms with Gasteiger partial charge in [0.2, 0.25) is 0 Å². The van der Waals surface area contributed by atoms with Gasteiger partial charge in [0.15, 0.2) is 5.96 Å². The second-order valence-corrected chi connectivity index (χ2v) is 2.82. The number of nitrogens with one attached hydrogen (secondary N) is 3. The van der Waals surface area contributed by atoms with Crippen LogP contribution in [0.25, 0.3) is 0 Å². The molecular weight excluding hydrogens is 223 g/mol. The molecule has 0 aliphatic rings. The third-order valence-corrected chi connectivity index (χ3v) is 1.61. The normalized spacial score (nSPS) is 10.8. The Balaban J connectivity index is 2.64. The van der Waals surface area contributed by atoms with Crippen LogP contribution < -0.4 is 15.4 Å². The van der Waals surface area contributed by atoms with Crippen molar-refractivity contribution in [2.45, 2.75) is 6.36 Å². The van der Waals surface area contributed by atoms with Gasteiger partial charge in [-0.3, -0.25) is 5.41 Å². The van der Waals surface area contributed by atoms with E-state index in [0.29, 0.717) is 5.69 Å². The Hall–Kier alpha value is -1.92. The van der Waals surface area contributed by atoms with E-state index in [0.717, 1.165) is 0 Å². The lowest BCUT2D eigenvalue weighted by Gasteiger charge is -2.10. The van der Waals surface area contributed by atoms with Crippen molar-refractivity contribution >= 4 is 11.6 Å². The minimum Gasteiger partial charge on any atom is -0.406 e. The molecule has 0 unspecified atom stereocenters. The first-order valence-electron chi connectivity index (χ1n) is 4.30. The maximum Gasteiger partial charge on any atom is 0.573 e. The van der Waals surface area contributed by atoms with Gasteiger partial charge in [-0.1, -0.05) is 0 Å². The van der Waals surface area contributed by atoms with Gasteiger partial charge >= 0.3 is 6.36 Å². The number of anilines is 1. The summed E-state index contributed by atoms with van der Waals surface area (Å²) in [6, 6.07) is 5.09. The number of halogens is 3. The summed E-state index contributed by atoms with van der Waals surface area (Å²) in [7, 11) is 1.55. The van der Waals surface area contributed by atoms with Crippen molar-refractivity contribution in [1.82, 2.24) is 5.32 Å². The minimum absolute atomic E-state index is 0.0458. The van der Waals surface area contributed by atoms with Crippen LogP contribution in [0.1, 0.15) is 0 Å². The molecule has 0 atom stereocenters. The Bertz CT molecular complexity index is 361. The summed E-state index contributed by atoms with van der Waals surface area (Å²) in [6.07, 6.45) is -4.69. The van der Waals surface area contributed by atoms with Crippen LogP contribution in [0.5, 0.6) is 5.75 Å². The highest BCUT2D eigenvalue weighted by molar-refractivity contribution is 5.90. The molecule has 1 aromatic rings. The van der Waals surface area contributed by atoms with Crippen LogP contribution in [0.3, 0.4) is 0 Å². The molecule has 3 N–H and O–H groups in total. The molecule has 0 aliphatic heterocycles. The Kier molecular flexibility index (Phi) is 3.60. The predicted octanol–water partition coefficient (Wildman–Crippen LogP) is 2.15. The number of hydrogen-bond acceptors (Lipinski definition) is 2. The summed E-state index contributed by atoms with van der Waals surface area (Å²) in [4.78, 5) is 0. The van der Waals surface area contributed by atoms with E-state index >= 15 is 0 Å².